The number of carbonyl (C=O) groups is 3. The van der Waals surface area contributed by atoms with E-state index < -0.39 is 23.8 Å². The minimum Gasteiger partial charge on any atom is -0.367 e. The van der Waals surface area contributed by atoms with Crippen molar-refractivity contribution in [1.82, 2.24) is 15.7 Å². The molecule has 0 aliphatic carbocycles. The first-order valence-corrected chi connectivity index (χ1v) is 10.4. The molecule has 1 atom stereocenters. The zero-order valence-corrected chi connectivity index (χ0v) is 19.3. The molecular weight excluding hydrogens is 420 g/mol. The fourth-order valence-electron chi connectivity index (χ4n) is 3.01. The van der Waals surface area contributed by atoms with Gasteiger partial charge in [0.1, 0.15) is 0 Å². The molecule has 8 heteroatoms. The zero-order chi connectivity index (χ0) is 24.6. The summed E-state index contributed by atoms with van der Waals surface area (Å²) in [7, 11) is 1.25. The molecule has 2 aromatic rings. The van der Waals surface area contributed by atoms with Crippen LogP contribution in [0.4, 0.5) is 0 Å². The van der Waals surface area contributed by atoms with Crippen molar-refractivity contribution in [3.63, 3.8) is 0 Å². The second-order valence-corrected chi connectivity index (χ2v) is 8.89. The molecule has 0 heterocycles. The highest BCUT2D eigenvalue weighted by Gasteiger charge is 2.32. The Balaban J connectivity index is 2.03. The zero-order valence-electron chi connectivity index (χ0n) is 19.3. The van der Waals surface area contributed by atoms with Crippen LogP contribution in [0.15, 0.2) is 48.5 Å². The third-order valence-corrected chi connectivity index (χ3v) is 4.76. The molecule has 33 heavy (non-hydrogen) atoms. The van der Waals surface area contributed by atoms with Crippen molar-refractivity contribution in [2.24, 2.45) is 11.1 Å². The van der Waals surface area contributed by atoms with Crippen molar-refractivity contribution >= 4 is 17.7 Å². The van der Waals surface area contributed by atoms with Gasteiger partial charge >= 0.3 is 0 Å². The molecule has 0 aliphatic heterocycles. The highest BCUT2D eigenvalue weighted by Crippen LogP contribution is 2.12. The summed E-state index contributed by atoms with van der Waals surface area (Å²) in [6.45, 7) is 8.29. The van der Waals surface area contributed by atoms with Crippen molar-refractivity contribution in [2.75, 3.05) is 13.6 Å². The Kier molecular flexibility index (Phi) is 8.74. The highest BCUT2D eigenvalue weighted by atomic mass is 16.5. The molecule has 0 saturated carbocycles. The summed E-state index contributed by atoms with van der Waals surface area (Å²) in [6.07, 6.45) is 0. The van der Waals surface area contributed by atoms with Crippen molar-refractivity contribution in [1.29, 1.82) is 0 Å². The molecule has 3 amide bonds. The minimum atomic E-state index is -1.63. The van der Waals surface area contributed by atoms with E-state index in [9.17, 15) is 14.4 Å². The Labute approximate surface area is 194 Å². The maximum absolute atomic E-state index is 12.6. The summed E-state index contributed by atoms with van der Waals surface area (Å²) in [5, 5.41) is 12.2. The van der Waals surface area contributed by atoms with E-state index >= 15 is 0 Å². The Hall–Kier alpha value is -3.67. The monoisotopic (exact) mass is 450 g/mol. The predicted octanol–water partition coefficient (Wildman–Crippen LogP) is 1.65. The van der Waals surface area contributed by atoms with Gasteiger partial charge in [0.15, 0.2) is 6.04 Å². The summed E-state index contributed by atoms with van der Waals surface area (Å²) in [5.41, 5.74) is 9.74. The van der Waals surface area contributed by atoms with Gasteiger partial charge in [0.05, 0.1) is 0 Å². The van der Waals surface area contributed by atoms with E-state index in [-0.39, 0.29) is 11.0 Å². The normalized spacial score (nSPS) is 11.7. The summed E-state index contributed by atoms with van der Waals surface area (Å²) >= 11 is 0. The average Bonchev–Trinajstić information content (AvgIpc) is 2.77. The maximum atomic E-state index is 12.6. The van der Waals surface area contributed by atoms with Crippen LogP contribution in [0.2, 0.25) is 0 Å². The first kappa shape index (κ1) is 25.6. The largest absolute Gasteiger partial charge is 0.367 e. The lowest BCUT2D eigenvalue weighted by molar-refractivity contribution is -0.139. The number of primary amides is 1. The molecule has 0 saturated heterocycles. The molecule has 8 nitrogen and oxygen atoms in total. The van der Waals surface area contributed by atoms with Crippen LogP contribution >= 0.6 is 0 Å². The van der Waals surface area contributed by atoms with Gasteiger partial charge in [-0.15, -0.1) is 0 Å². The van der Waals surface area contributed by atoms with Crippen molar-refractivity contribution in [3.05, 3.63) is 70.8 Å². The Morgan fingerprint density at radius 1 is 1.00 bits per heavy atom. The van der Waals surface area contributed by atoms with E-state index in [0.29, 0.717) is 5.56 Å². The molecule has 0 fully saturated rings. The van der Waals surface area contributed by atoms with Crippen LogP contribution in [0, 0.1) is 17.3 Å². The fraction of sp³-hybridized carbons (Fsp3) is 0.320. The van der Waals surface area contributed by atoms with Crippen LogP contribution in [0.3, 0.4) is 0 Å². The number of benzene rings is 2. The van der Waals surface area contributed by atoms with E-state index in [1.165, 1.54) is 18.1 Å². The van der Waals surface area contributed by atoms with E-state index in [4.69, 9.17) is 10.9 Å². The quantitative estimate of drug-likeness (QED) is 0.221. The third kappa shape index (κ3) is 7.75. The number of hydrogen-bond acceptors (Lipinski definition) is 5. The van der Waals surface area contributed by atoms with Gasteiger partial charge in [-0.2, -0.15) is 0 Å². The minimum absolute atomic E-state index is 0.235. The van der Waals surface area contributed by atoms with Crippen LogP contribution in [-0.2, 0) is 16.1 Å². The van der Waals surface area contributed by atoms with Crippen molar-refractivity contribution in [3.8, 4) is 11.8 Å². The Morgan fingerprint density at radius 2 is 1.52 bits per heavy atom. The van der Waals surface area contributed by atoms with E-state index in [1.807, 2.05) is 24.3 Å². The van der Waals surface area contributed by atoms with Gasteiger partial charge < -0.3 is 16.0 Å². The lowest BCUT2D eigenvalue weighted by atomic mass is 9.97. The fourth-order valence-corrected chi connectivity index (χ4v) is 3.01. The van der Waals surface area contributed by atoms with Crippen LogP contribution in [-0.4, -0.2) is 47.5 Å². The number of nitrogens with zero attached hydrogens (tertiary/aromatic N) is 1. The smallest absolute Gasteiger partial charge is 0.275 e. The number of hydrogen-bond donors (Lipinski definition) is 4. The lowest BCUT2D eigenvalue weighted by Gasteiger charge is -2.23. The molecular formula is C25H30N4O4. The summed E-state index contributed by atoms with van der Waals surface area (Å²) in [5.74, 6) is 3.39. The first-order valence-electron chi connectivity index (χ1n) is 10.4. The number of rotatable bonds is 7. The second-order valence-electron chi connectivity index (χ2n) is 8.89. The molecule has 0 spiro atoms. The van der Waals surface area contributed by atoms with E-state index in [0.717, 1.165) is 23.6 Å². The van der Waals surface area contributed by atoms with E-state index in [2.05, 4.69) is 37.9 Å². The van der Waals surface area contributed by atoms with Gasteiger partial charge in [0.25, 0.3) is 11.8 Å². The molecule has 5 N–H and O–H groups in total. The molecule has 2 rings (SSSR count). The third-order valence-electron chi connectivity index (χ3n) is 4.76. The van der Waals surface area contributed by atoms with Gasteiger partial charge in [-0.25, -0.2) is 5.48 Å². The van der Waals surface area contributed by atoms with Crippen molar-refractivity contribution < 1.29 is 19.6 Å². The first-order chi connectivity index (χ1) is 15.5. The van der Waals surface area contributed by atoms with Crippen LogP contribution in [0.5, 0.6) is 0 Å². The average molecular weight is 451 g/mol. The Bertz CT molecular complexity index is 1050. The molecule has 0 aromatic heterocycles. The second kappa shape index (κ2) is 11.3. The van der Waals surface area contributed by atoms with Crippen LogP contribution < -0.4 is 16.5 Å². The molecule has 0 radical (unpaired) electrons. The number of nitrogens with one attached hydrogen (secondary N) is 2. The highest BCUT2D eigenvalue weighted by molar-refractivity contribution is 6.08. The van der Waals surface area contributed by atoms with Gasteiger partial charge in [-0.1, -0.05) is 44.7 Å². The SMILES string of the molecule is CN(C(=O)c1ccc(C#Cc2ccc(CNCC(C)(C)C)cc2)cc1)C(C(N)=O)C(=O)NO. The molecule has 1 unspecified atom stereocenters. The topological polar surface area (TPSA) is 125 Å². The lowest BCUT2D eigenvalue weighted by Crippen LogP contribution is -2.54. The van der Waals surface area contributed by atoms with Gasteiger partial charge in [-0.3, -0.25) is 19.6 Å². The van der Waals surface area contributed by atoms with Crippen molar-refractivity contribution in [2.45, 2.75) is 33.4 Å². The van der Waals surface area contributed by atoms with Gasteiger partial charge in [-0.05, 0) is 47.4 Å². The molecule has 0 aliphatic rings. The summed E-state index contributed by atoms with van der Waals surface area (Å²) in [6, 6.07) is 12.8. The van der Waals surface area contributed by atoms with E-state index in [1.54, 1.807) is 24.3 Å². The Morgan fingerprint density at radius 3 is 1.97 bits per heavy atom. The summed E-state index contributed by atoms with van der Waals surface area (Å²) in [4.78, 5) is 36.6. The summed E-state index contributed by atoms with van der Waals surface area (Å²) < 4.78 is 0. The number of likely N-dealkylation sites (N-methyl/N-ethyl adjacent to an activating group) is 1. The van der Waals surface area contributed by atoms with Gasteiger partial charge in [0, 0.05) is 36.8 Å². The standard InChI is InChI=1S/C25H30N4O4/c1-25(2,3)16-27-15-19-9-7-17(8-10-19)5-6-18-11-13-20(14-12-18)24(32)29(4)21(22(26)30)23(31)28-33/h7-14,21,27,33H,15-16H2,1-4H3,(H2,26,30)(H,28,31). The molecule has 0 bridgehead atoms. The number of nitrogens with two attached hydrogens (primary N) is 1. The molecule has 2 aromatic carbocycles. The van der Waals surface area contributed by atoms with Crippen LogP contribution in [0.1, 0.15) is 47.8 Å². The predicted molar refractivity (Wildman–Crippen MR) is 125 cm³/mol. The number of carbonyl (C=O) groups excluding carboxylic acids is 3. The molecule has 174 valence electrons. The van der Waals surface area contributed by atoms with Crippen LogP contribution in [0.25, 0.3) is 0 Å². The maximum Gasteiger partial charge on any atom is 0.275 e. The number of amides is 3. The number of hydroxylamine groups is 1. The van der Waals surface area contributed by atoms with Gasteiger partial charge in [0.2, 0.25) is 5.91 Å².